The van der Waals surface area contributed by atoms with Crippen molar-refractivity contribution in [3.8, 4) is 11.1 Å². The number of rotatable bonds is 5. The summed E-state index contributed by atoms with van der Waals surface area (Å²) in [4.78, 5) is 10.6. The van der Waals surface area contributed by atoms with E-state index in [1.807, 2.05) is 36.4 Å². The lowest BCUT2D eigenvalue weighted by atomic mass is 10.0. The van der Waals surface area contributed by atoms with E-state index in [0.29, 0.717) is 5.02 Å². The third-order valence-corrected chi connectivity index (χ3v) is 4.23. The lowest BCUT2D eigenvalue weighted by molar-refractivity contribution is -0.134. The highest BCUT2D eigenvalue weighted by Gasteiger charge is 2.15. The molecule has 0 bridgehead atoms. The summed E-state index contributed by atoms with van der Waals surface area (Å²) in [6, 6.07) is 14.9. The third kappa shape index (κ3) is 4.00. The highest BCUT2D eigenvalue weighted by atomic mass is 35.5. The molecule has 3 nitrogen and oxygen atoms in total. The smallest absolute Gasteiger partial charge is 0.353 e. The first-order chi connectivity index (χ1) is 9.56. The van der Waals surface area contributed by atoms with Gasteiger partial charge in [0.05, 0.1) is 0 Å². The Morgan fingerprint density at radius 2 is 1.80 bits per heavy atom. The van der Waals surface area contributed by atoms with Crippen LogP contribution in [-0.4, -0.2) is 21.4 Å². The molecule has 2 rings (SSSR count). The van der Waals surface area contributed by atoms with E-state index in [-0.39, 0.29) is 11.5 Å². The first-order valence-corrected chi connectivity index (χ1v) is 7.83. The number of aliphatic carboxylic acids is 1. The van der Waals surface area contributed by atoms with Crippen LogP contribution in [0.15, 0.2) is 48.5 Å². The Balaban J connectivity index is 2.26. The predicted molar refractivity (Wildman–Crippen MR) is 81.2 cm³/mol. The molecule has 2 aromatic carbocycles. The maximum absolute atomic E-state index is 11.8. The van der Waals surface area contributed by atoms with Gasteiger partial charge in [0.25, 0.3) is 0 Å². The van der Waals surface area contributed by atoms with Crippen LogP contribution in [-0.2, 0) is 21.7 Å². The molecule has 104 valence electrons. The number of hydrogen-bond acceptors (Lipinski definition) is 2. The number of benzene rings is 2. The van der Waals surface area contributed by atoms with E-state index in [0.717, 1.165) is 16.7 Å². The zero-order chi connectivity index (χ0) is 14.5. The molecule has 0 spiro atoms. The Morgan fingerprint density at radius 1 is 1.15 bits per heavy atom. The van der Waals surface area contributed by atoms with Crippen LogP contribution in [0.2, 0.25) is 5.02 Å². The first kappa shape index (κ1) is 14.9. The van der Waals surface area contributed by atoms with Crippen LogP contribution in [0.3, 0.4) is 0 Å². The quantitative estimate of drug-likeness (QED) is 0.862. The van der Waals surface area contributed by atoms with Crippen LogP contribution in [0.5, 0.6) is 0 Å². The molecule has 2 aromatic rings. The first-order valence-electron chi connectivity index (χ1n) is 5.97. The fourth-order valence-corrected chi connectivity index (χ4v) is 3.02. The molecule has 0 fully saturated rings. The molecule has 1 N–H and O–H groups in total. The Kier molecular flexibility index (Phi) is 5.06. The van der Waals surface area contributed by atoms with Crippen LogP contribution in [0.4, 0.5) is 0 Å². The van der Waals surface area contributed by atoms with Gasteiger partial charge in [-0.15, -0.1) is 0 Å². The summed E-state index contributed by atoms with van der Waals surface area (Å²) in [5.41, 5.74) is 2.79. The molecule has 0 amide bonds. The van der Waals surface area contributed by atoms with Gasteiger partial charge in [-0.3, -0.25) is 0 Å². The average molecular weight is 309 g/mol. The van der Waals surface area contributed by atoms with Crippen molar-refractivity contribution >= 4 is 28.7 Å². The van der Waals surface area contributed by atoms with Gasteiger partial charge >= 0.3 is 5.97 Å². The molecular weight excluding hydrogens is 296 g/mol. The van der Waals surface area contributed by atoms with Crippen molar-refractivity contribution < 1.29 is 14.5 Å². The maximum atomic E-state index is 11.8. The molecule has 0 radical (unpaired) electrons. The maximum Gasteiger partial charge on any atom is 0.353 e. The van der Waals surface area contributed by atoms with Gasteiger partial charge in [0.1, 0.15) is 5.75 Å². The van der Waals surface area contributed by atoms with Crippen molar-refractivity contribution in [3.05, 3.63) is 59.1 Å². The fourth-order valence-electron chi connectivity index (χ4n) is 1.92. The second kappa shape index (κ2) is 6.79. The number of carbonyl (C=O) groups is 1. The van der Waals surface area contributed by atoms with E-state index in [1.165, 1.54) is 0 Å². The Labute approximate surface area is 125 Å². The van der Waals surface area contributed by atoms with Crippen LogP contribution in [0.1, 0.15) is 5.56 Å². The Bertz CT molecular complexity index is 598. The Hall–Kier alpha value is -1.49. The summed E-state index contributed by atoms with van der Waals surface area (Å²) in [5.74, 6) is -1.16. The van der Waals surface area contributed by atoms with Crippen molar-refractivity contribution in [3.63, 3.8) is 0 Å². The number of halogens is 1. The van der Waals surface area contributed by atoms with Crippen LogP contribution >= 0.6 is 11.6 Å². The van der Waals surface area contributed by atoms with E-state index in [9.17, 15) is 9.35 Å². The lowest BCUT2D eigenvalue weighted by Gasteiger charge is -2.12. The normalized spacial score (nSPS) is 12.1. The van der Waals surface area contributed by atoms with Gasteiger partial charge in [0, 0.05) is 10.6 Å². The summed E-state index contributed by atoms with van der Waals surface area (Å²) < 4.78 is 11.8. The molecule has 1 unspecified atom stereocenters. The zero-order valence-corrected chi connectivity index (χ0v) is 12.2. The standard InChI is InChI=1S/C15H13ClO3S/c16-13-7-5-11(6-8-13)14-4-2-1-3-12(14)9-20(19)10-15(17)18/h1-8H,9-10H2,(H,17,18). The van der Waals surface area contributed by atoms with Crippen LogP contribution < -0.4 is 0 Å². The lowest BCUT2D eigenvalue weighted by Crippen LogP contribution is -2.17. The number of carboxylic acid groups (broad SMARTS) is 1. The monoisotopic (exact) mass is 308 g/mol. The molecule has 0 aliphatic carbocycles. The summed E-state index contributed by atoms with van der Waals surface area (Å²) in [6.45, 7) is 0. The number of hydrogen-bond donors (Lipinski definition) is 1. The van der Waals surface area contributed by atoms with Crippen molar-refractivity contribution in [1.82, 2.24) is 0 Å². The minimum atomic E-state index is -1.42. The minimum absolute atomic E-state index is 0.227. The highest BCUT2D eigenvalue weighted by molar-refractivity contribution is 7.91. The summed E-state index contributed by atoms with van der Waals surface area (Å²) in [7, 11) is 0. The van der Waals surface area contributed by atoms with Crippen molar-refractivity contribution in [2.24, 2.45) is 0 Å². The van der Waals surface area contributed by atoms with Gasteiger partial charge in [0.2, 0.25) is 5.75 Å². The molecule has 0 saturated heterocycles. The van der Waals surface area contributed by atoms with Crippen molar-refractivity contribution in [2.75, 3.05) is 5.75 Å². The van der Waals surface area contributed by atoms with E-state index in [4.69, 9.17) is 16.7 Å². The molecule has 0 aliphatic heterocycles. The SMILES string of the molecule is O=C(O)C[S+]([O-])Cc1ccccc1-c1ccc(Cl)cc1. The molecule has 0 aromatic heterocycles. The average Bonchev–Trinajstić information content (AvgIpc) is 2.39. The second-order valence-corrected chi connectivity index (χ2v) is 6.18. The van der Waals surface area contributed by atoms with E-state index < -0.39 is 17.1 Å². The largest absolute Gasteiger partial charge is 0.616 e. The van der Waals surface area contributed by atoms with Gasteiger partial charge in [-0.25, -0.2) is 4.79 Å². The van der Waals surface area contributed by atoms with Gasteiger partial charge in [0.15, 0.2) is 0 Å². The van der Waals surface area contributed by atoms with Crippen molar-refractivity contribution in [1.29, 1.82) is 0 Å². The van der Waals surface area contributed by atoms with Crippen molar-refractivity contribution in [2.45, 2.75) is 5.75 Å². The fraction of sp³-hybridized carbons (Fsp3) is 0.133. The number of carboxylic acids is 1. The molecule has 1 atom stereocenters. The third-order valence-electron chi connectivity index (χ3n) is 2.77. The van der Waals surface area contributed by atoms with E-state index in [2.05, 4.69) is 0 Å². The second-order valence-electron chi connectivity index (χ2n) is 4.29. The van der Waals surface area contributed by atoms with E-state index >= 15 is 0 Å². The summed E-state index contributed by atoms with van der Waals surface area (Å²) >= 11 is 4.45. The molecular formula is C15H13ClO3S. The van der Waals surface area contributed by atoms with E-state index in [1.54, 1.807) is 12.1 Å². The molecule has 5 heteroatoms. The summed E-state index contributed by atoms with van der Waals surface area (Å²) in [5, 5.41) is 9.32. The van der Waals surface area contributed by atoms with Gasteiger partial charge in [-0.1, -0.05) is 48.0 Å². The van der Waals surface area contributed by atoms with Gasteiger partial charge in [-0.2, -0.15) is 0 Å². The molecule has 0 heterocycles. The predicted octanol–water partition coefficient (Wildman–Crippen LogP) is 3.34. The summed E-state index contributed by atoms with van der Waals surface area (Å²) in [6.07, 6.45) is 0. The Morgan fingerprint density at radius 3 is 2.45 bits per heavy atom. The van der Waals surface area contributed by atoms with Gasteiger partial charge in [-0.05, 0) is 34.4 Å². The molecule has 20 heavy (non-hydrogen) atoms. The van der Waals surface area contributed by atoms with Gasteiger partial charge < -0.3 is 9.66 Å². The molecule has 0 aliphatic rings. The topological polar surface area (TPSA) is 60.4 Å². The molecule has 0 saturated carbocycles. The van der Waals surface area contributed by atoms with Crippen LogP contribution in [0.25, 0.3) is 11.1 Å². The highest BCUT2D eigenvalue weighted by Crippen LogP contribution is 2.26. The zero-order valence-electron chi connectivity index (χ0n) is 10.6. The van der Waals surface area contributed by atoms with Crippen LogP contribution in [0, 0.1) is 0 Å². The minimum Gasteiger partial charge on any atom is -0.616 e.